The molecule has 0 atom stereocenters. The number of aromatic carboxylic acids is 1. The SMILES string of the molecule is CN(CC1(N(C)C)CCC1)c1cccc(C(=O)O)c1N. The van der Waals surface area contributed by atoms with Crippen LogP contribution in [0.25, 0.3) is 0 Å². The van der Waals surface area contributed by atoms with Gasteiger partial charge in [0.25, 0.3) is 0 Å². The van der Waals surface area contributed by atoms with Gasteiger partial charge >= 0.3 is 5.97 Å². The van der Waals surface area contributed by atoms with Gasteiger partial charge in [0.05, 0.1) is 16.9 Å². The van der Waals surface area contributed by atoms with E-state index in [1.807, 2.05) is 13.1 Å². The van der Waals surface area contributed by atoms with Gasteiger partial charge in [-0.15, -0.1) is 0 Å². The molecule has 1 fully saturated rings. The maximum atomic E-state index is 11.2. The van der Waals surface area contributed by atoms with Gasteiger partial charge in [0.15, 0.2) is 0 Å². The van der Waals surface area contributed by atoms with Gasteiger partial charge in [0.2, 0.25) is 0 Å². The summed E-state index contributed by atoms with van der Waals surface area (Å²) in [6.45, 7) is 0.854. The maximum Gasteiger partial charge on any atom is 0.337 e. The lowest BCUT2D eigenvalue weighted by Gasteiger charge is -2.49. The monoisotopic (exact) mass is 277 g/mol. The Balaban J connectivity index is 2.23. The molecule has 0 heterocycles. The average molecular weight is 277 g/mol. The topological polar surface area (TPSA) is 69.8 Å². The molecule has 3 N–H and O–H groups in total. The van der Waals surface area contributed by atoms with E-state index >= 15 is 0 Å². The van der Waals surface area contributed by atoms with E-state index in [4.69, 9.17) is 10.8 Å². The summed E-state index contributed by atoms with van der Waals surface area (Å²) in [5, 5.41) is 9.14. The minimum absolute atomic E-state index is 0.168. The Morgan fingerprint density at radius 3 is 2.45 bits per heavy atom. The molecule has 1 aromatic rings. The summed E-state index contributed by atoms with van der Waals surface area (Å²) in [5.74, 6) is -0.983. The van der Waals surface area contributed by atoms with Crippen LogP contribution in [0.1, 0.15) is 29.6 Å². The number of carboxylic acids is 1. The molecule has 0 aromatic heterocycles. The molecule has 0 aliphatic heterocycles. The van der Waals surface area contributed by atoms with Gasteiger partial charge in [-0.05, 0) is 45.5 Å². The van der Waals surface area contributed by atoms with Gasteiger partial charge in [0, 0.05) is 19.1 Å². The molecule has 1 aliphatic carbocycles. The van der Waals surface area contributed by atoms with Crippen LogP contribution in [0.2, 0.25) is 0 Å². The second-order valence-corrected chi connectivity index (χ2v) is 5.87. The van der Waals surface area contributed by atoms with Crippen LogP contribution < -0.4 is 10.6 Å². The van der Waals surface area contributed by atoms with Crippen LogP contribution in [0, 0.1) is 0 Å². The van der Waals surface area contributed by atoms with Gasteiger partial charge in [-0.2, -0.15) is 0 Å². The standard InChI is InChI=1S/C15H23N3O2/c1-17(2)15(8-5-9-15)10-18(3)12-7-4-6-11(13(12)16)14(19)20/h4,6-7H,5,8-10,16H2,1-3H3,(H,19,20). The van der Waals surface area contributed by atoms with Crippen molar-refractivity contribution in [3.05, 3.63) is 23.8 Å². The predicted octanol–water partition coefficient (Wildman–Crippen LogP) is 1.89. The molecule has 0 spiro atoms. The van der Waals surface area contributed by atoms with Crippen molar-refractivity contribution in [2.75, 3.05) is 38.3 Å². The van der Waals surface area contributed by atoms with E-state index in [0.29, 0.717) is 5.69 Å². The van der Waals surface area contributed by atoms with Crippen molar-refractivity contribution in [1.82, 2.24) is 4.90 Å². The van der Waals surface area contributed by atoms with E-state index in [-0.39, 0.29) is 11.1 Å². The van der Waals surface area contributed by atoms with Gasteiger partial charge in [-0.1, -0.05) is 6.07 Å². The second kappa shape index (κ2) is 5.32. The van der Waals surface area contributed by atoms with E-state index in [9.17, 15) is 4.79 Å². The predicted molar refractivity (Wildman–Crippen MR) is 81.4 cm³/mol. The number of nitrogen functional groups attached to an aromatic ring is 1. The molecule has 5 nitrogen and oxygen atoms in total. The summed E-state index contributed by atoms with van der Waals surface area (Å²) in [7, 11) is 6.18. The number of nitrogens with two attached hydrogens (primary N) is 1. The Morgan fingerprint density at radius 1 is 1.35 bits per heavy atom. The Labute approximate surface area is 120 Å². The van der Waals surface area contributed by atoms with Crippen LogP contribution in [0.15, 0.2) is 18.2 Å². The number of hydrogen-bond acceptors (Lipinski definition) is 4. The molecular weight excluding hydrogens is 254 g/mol. The number of para-hydroxylation sites is 1. The van der Waals surface area contributed by atoms with Crippen molar-refractivity contribution in [1.29, 1.82) is 0 Å². The van der Waals surface area contributed by atoms with Gasteiger partial charge in [-0.25, -0.2) is 4.79 Å². The number of carboxylic acid groups (broad SMARTS) is 1. The normalized spacial score (nSPS) is 16.8. The molecule has 0 saturated heterocycles. The highest BCUT2D eigenvalue weighted by Gasteiger charge is 2.40. The van der Waals surface area contributed by atoms with Crippen LogP contribution in [0.3, 0.4) is 0 Å². The highest BCUT2D eigenvalue weighted by Crippen LogP contribution is 2.38. The van der Waals surface area contributed by atoms with Crippen molar-refractivity contribution in [2.24, 2.45) is 0 Å². The molecule has 5 heteroatoms. The third-order valence-corrected chi connectivity index (χ3v) is 4.49. The fraction of sp³-hybridized carbons (Fsp3) is 0.533. The first-order valence-electron chi connectivity index (χ1n) is 6.88. The molecule has 20 heavy (non-hydrogen) atoms. The lowest BCUT2D eigenvalue weighted by molar-refractivity contribution is 0.0683. The van der Waals surface area contributed by atoms with E-state index in [1.54, 1.807) is 12.1 Å². The summed E-state index contributed by atoms with van der Waals surface area (Å²) >= 11 is 0. The van der Waals surface area contributed by atoms with Gasteiger partial charge < -0.3 is 20.6 Å². The molecule has 1 aliphatic rings. The first kappa shape index (κ1) is 14.7. The fourth-order valence-corrected chi connectivity index (χ4v) is 2.93. The minimum atomic E-state index is -0.983. The lowest BCUT2D eigenvalue weighted by Crippen LogP contribution is -2.56. The second-order valence-electron chi connectivity index (χ2n) is 5.87. The van der Waals surface area contributed by atoms with Crippen LogP contribution in [0.5, 0.6) is 0 Å². The van der Waals surface area contributed by atoms with E-state index in [0.717, 1.165) is 12.2 Å². The molecule has 110 valence electrons. The highest BCUT2D eigenvalue weighted by atomic mass is 16.4. The number of carbonyl (C=O) groups is 1. The third kappa shape index (κ3) is 2.45. The number of benzene rings is 1. The third-order valence-electron chi connectivity index (χ3n) is 4.49. The van der Waals surface area contributed by atoms with Gasteiger partial charge in [-0.3, -0.25) is 0 Å². The molecule has 1 saturated carbocycles. The summed E-state index contributed by atoms with van der Waals surface area (Å²) in [4.78, 5) is 15.5. The lowest BCUT2D eigenvalue weighted by atomic mass is 9.75. The van der Waals surface area contributed by atoms with Crippen LogP contribution in [0.4, 0.5) is 11.4 Å². The summed E-state index contributed by atoms with van der Waals surface area (Å²) in [6.07, 6.45) is 3.59. The quantitative estimate of drug-likeness (QED) is 0.804. The largest absolute Gasteiger partial charge is 0.478 e. The zero-order valence-corrected chi connectivity index (χ0v) is 12.4. The van der Waals surface area contributed by atoms with E-state index in [1.165, 1.54) is 19.3 Å². The van der Waals surface area contributed by atoms with E-state index < -0.39 is 5.97 Å². The first-order valence-corrected chi connectivity index (χ1v) is 6.88. The Bertz CT molecular complexity index is 510. The molecule has 2 rings (SSSR count). The van der Waals surface area contributed by atoms with Crippen LogP contribution >= 0.6 is 0 Å². The van der Waals surface area contributed by atoms with Crippen molar-refractivity contribution in [3.8, 4) is 0 Å². The summed E-state index contributed by atoms with van der Waals surface area (Å²) < 4.78 is 0. The number of anilines is 2. The summed E-state index contributed by atoms with van der Waals surface area (Å²) in [5.41, 5.74) is 7.49. The number of nitrogens with zero attached hydrogens (tertiary/aromatic N) is 2. The smallest absolute Gasteiger partial charge is 0.337 e. The Morgan fingerprint density at radius 2 is 2.00 bits per heavy atom. The number of hydrogen-bond donors (Lipinski definition) is 2. The minimum Gasteiger partial charge on any atom is -0.478 e. The molecule has 0 unspecified atom stereocenters. The van der Waals surface area contributed by atoms with Crippen LogP contribution in [-0.2, 0) is 0 Å². The molecular formula is C15H23N3O2. The maximum absolute atomic E-state index is 11.2. The molecule has 1 aromatic carbocycles. The van der Waals surface area contributed by atoms with Crippen molar-refractivity contribution in [2.45, 2.75) is 24.8 Å². The number of likely N-dealkylation sites (N-methyl/N-ethyl adjacent to an activating group) is 2. The van der Waals surface area contributed by atoms with Crippen molar-refractivity contribution < 1.29 is 9.90 Å². The number of rotatable bonds is 5. The molecule has 0 radical (unpaired) electrons. The molecule has 0 bridgehead atoms. The van der Waals surface area contributed by atoms with Gasteiger partial charge in [0.1, 0.15) is 0 Å². The van der Waals surface area contributed by atoms with Crippen molar-refractivity contribution in [3.63, 3.8) is 0 Å². The zero-order chi connectivity index (χ0) is 14.9. The van der Waals surface area contributed by atoms with Crippen LogP contribution in [-0.4, -0.2) is 49.2 Å². The Hall–Kier alpha value is -1.75. The molecule has 0 amide bonds. The average Bonchev–Trinajstić information content (AvgIpc) is 2.32. The van der Waals surface area contributed by atoms with Crippen molar-refractivity contribution >= 4 is 17.3 Å². The van der Waals surface area contributed by atoms with E-state index in [2.05, 4.69) is 23.9 Å². The first-order chi connectivity index (χ1) is 9.37. The fourth-order valence-electron chi connectivity index (χ4n) is 2.93. The summed E-state index contributed by atoms with van der Waals surface area (Å²) in [6, 6.07) is 5.17. The zero-order valence-electron chi connectivity index (χ0n) is 12.4. The highest BCUT2D eigenvalue weighted by molar-refractivity contribution is 5.97. The Kier molecular flexibility index (Phi) is 3.90.